The van der Waals surface area contributed by atoms with Crippen LogP contribution in [0.3, 0.4) is 0 Å². The van der Waals surface area contributed by atoms with E-state index in [1.165, 1.54) is 25.7 Å². The van der Waals surface area contributed by atoms with Crippen LogP contribution in [0, 0.1) is 0 Å². The first-order valence-corrected chi connectivity index (χ1v) is 7.20. The second-order valence-electron chi connectivity index (χ2n) is 4.77. The highest BCUT2D eigenvalue weighted by atomic mass is 16.5. The minimum atomic E-state index is 0.0694. The van der Waals surface area contributed by atoms with Crippen molar-refractivity contribution < 1.29 is 9.53 Å². The summed E-state index contributed by atoms with van der Waals surface area (Å²) in [6, 6.07) is 7.49. The number of methoxy groups -OCH3 is 1. The van der Waals surface area contributed by atoms with E-state index in [0.29, 0.717) is 12.2 Å². The molecule has 106 valence electrons. The van der Waals surface area contributed by atoms with Crippen LogP contribution in [0.15, 0.2) is 24.3 Å². The third-order valence-electron chi connectivity index (χ3n) is 3.14. The van der Waals surface area contributed by atoms with Crippen LogP contribution in [-0.4, -0.2) is 13.0 Å². The highest BCUT2D eigenvalue weighted by Gasteiger charge is 2.06. The molecule has 0 aliphatic heterocycles. The molecule has 0 saturated heterocycles. The Balaban J connectivity index is 2.23. The fourth-order valence-electron chi connectivity index (χ4n) is 2.03. The summed E-state index contributed by atoms with van der Waals surface area (Å²) in [6.45, 7) is 2.21. The van der Waals surface area contributed by atoms with Crippen LogP contribution in [-0.2, 0) is 4.79 Å². The van der Waals surface area contributed by atoms with Crippen LogP contribution in [0.2, 0.25) is 0 Å². The van der Waals surface area contributed by atoms with Gasteiger partial charge in [-0.3, -0.25) is 4.79 Å². The summed E-state index contributed by atoms with van der Waals surface area (Å²) >= 11 is 0. The van der Waals surface area contributed by atoms with Crippen LogP contribution in [0.1, 0.15) is 51.9 Å². The van der Waals surface area contributed by atoms with Crippen molar-refractivity contribution in [3.05, 3.63) is 24.3 Å². The van der Waals surface area contributed by atoms with Crippen molar-refractivity contribution in [3.8, 4) is 5.75 Å². The van der Waals surface area contributed by atoms with Gasteiger partial charge in [-0.15, -0.1) is 0 Å². The lowest BCUT2D eigenvalue weighted by molar-refractivity contribution is -0.116. The first-order chi connectivity index (χ1) is 9.27. The molecule has 0 spiro atoms. The highest BCUT2D eigenvalue weighted by molar-refractivity contribution is 5.92. The number of benzene rings is 1. The summed E-state index contributed by atoms with van der Waals surface area (Å²) in [4.78, 5) is 11.8. The molecule has 1 N–H and O–H groups in total. The summed E-state index contributed by atoms with van der Waals surface area (Å²) in [5.41, 5.74) is 0.751. The van der Waals surface area contributed by atoms with Gasteiger partial charge in [-0.2, -0.15) is 0 Å². The van der Waals surface area contributed by atoms with Gasteiger partial charge in [-0.25, -0.2) is 0 Å². The van der Waals surface area contributed by atoms with Crippen molar-refractivity contribution in [3.63, 3.8) is 0 Å². The average molecular weight is 263 g/mol. The van der Waals surface area contributed by atoms with Gasteiger partial charge in [0.1, 0.15) is 5.75 Å². The minimum Gasteiger partial charge on any atom is -0.495 e. The minimum absolute atomic E-state index is 0.0694. The first-order valence-electron chi connectivity index (χ1n) is 7.20. The van der Waals surface area contributed by atoms with Crippen LogP contribution in [0.5, 0.6) is 5.75 Å². The lowest BCUT2D eigenvalue weighted by Crippen LogP contribution is -2.11. The molecule has 0 aromatic heterocycles. The second kappa shape index (κ2) is 9.42. The Kier molecular flexibility index (Phi) is 7.71. The number of carbonyl (C=O) groups excluding carboxylic acids is 1. The summed E-state index contributed by atoms with van der Waals surface area (Å²) in [5, 5.41) is 2.90. The second-order valence-corrected chi connectivity index (χ2v) is 4.77. The molecule has 0 aliphatic carbocycles. The monoisotopic (exact) mass is 263 g/mol. The standard InChI is InChI=1S/C16H25NO2/c1-3-4-5-6-7-8-13-16(18)17-14-11-9-10-12-15(14)19-2/h9-12H,3-8,13H2,1-2H3,(H,17,18). The quantitative estimate of drug-likeness (QED) is 0.671. The molecule has 0 bridgehead atoms. The number of amides is 1. The summed E-state index contributed by atoms with van der Waals surface area (Å²) in [6.07, 6.45) is 7.76. The van der Waals surface area contributed by atoms with E-state index in [-0.39, 0.29) is 5.91 Å². The maximum Gasteiger partial charge on any atom is 0.224 e. The zero-order chi connectivity index (χ0) is 13.9. The van der Waals surface area contributed by atoms with E-state index in [0.717, 1.165) is 18.5 Å². The van der Waals surface area contributed by atoms with Gasteiger partial charge in [0.05, 0.1) is 12.8 Å². The molecule has 0 heterocycles. The van der Waals surface area contributed by atoms with Crippen LogP contribution in [0.4, 0.5) is 5.69 Å². The summed E-state index contributed by atoms with van der Waals surface area (Å²) in [5.74, 6) is 0.777. The van der Waals surface area contributed by atoms with E-state index in [1.54, 1.807) is 7.11 Å². The lowest BCUT2D eigenvalue weighted by atomic mass is 10.1. The Bertz CT molecular complexity index is 377. The van der Waals surface area contributed by atoms with Gasteiger partial charge in [-0.05, 0) is 18.6 Å². The molecule has 0 fully saturated rings. The van der Waals surface area contributed by atoms with Crippen molar-refractivity contribution in [2.45, 2.75) is 51.9 Å². The van der Waals surface area contributed by atoms with Gasteiger partial charge in [0.25, 0.3) is 0 Å². The van der Waals surface area contributed by atoms with Gasteiger partial charge in [0.2, 0.25) is 5.91 Å². The molecule has 0 radical (unpaired) electrons. The van der Waals surface area contributed by atoms with Gasteiger partial charge >= 0.3 is 0 Å². The number of hydrogen-bond donors (Lipinski definition) is 1. The third-order valence-corrected chi connectivity index (χ3v) is 3.14. The first kappa shape index (κ1) is 15.5. The highest BCUT2D eigenvalue weighted by Crippen LogP contribution is 2.23. The number of ether oxygens (including phenoxy) is 1. The van der Waals surface area contributed by atoms with Gasteiger partial charge < -0.3 is 10.1 Å². The number of hydrogen-bond acceptors (Lipinski definition) is 2. The van der Waals surface area contributed by atoms with Crippen molar-refractivity contribution in [2.24, 2.45) is 0 Å². The number of unbranched alkanes of at least 4 members (excludes halogenated alkanes) is 5. The normalized spacial score (nSPS) is 10.2. The van der Waals surface area contributed by atoms with Gasteiger partial charge in [0, 0.05) is 6.42 Å². The Labute approximate surface area is 116 Å². The molecular formula is C16H25NO2. The third kappa shape index (κ3) is 6.27. The molecule has 0 unspecified atom stereocenters. The van der Waals surface area contributed by atoms with E-state index < -0.39 is 0 Å². The van der Waals surface area contributed by atoms with Crippen molar-refractivity contribution >= 4 is 11.6 Å². The van der Waals surface area contributed by atoms with E-state index in [1.807, 2.05) is 24.3 Å². The molecule has 19 heavy (non-hydrogen) atoms. The Hall–Kier alpha value is -1.51. The SMILES string of the molecule is CCCCCCCCC(=O)Nc1ccccc1OC. The van der Waals surface area contributed by atoms with Crippen LogP contribution >= 0.6 is 0 Å². The fraction of sp³-hybridized carbons (Fsp3) is 0.562. The molecule has 3 nitrogen and oxygen atoms in total. The number of nitrogens with one attached hydrogen (secondary N) is 1. The molecule has 0 saturated carbocycles. The fourth-order valence-corrected chi connectivity index (χ4v) is 2.03. The van der Waals surface area contributed by atoms with E-state index in [2.05, 4.69) is 12.2 Å². The number of para-hydroxylation sites is 2. The smallest absolute Gasteiger partial charge is 0.224 e. The zero-order valence-corrected chi connectivity index (χ0v) is 12.1. The van der Waals surface area contributed by atoms with E-state index in [4.69, 9.17) is 4.74 Å². The predicted molar refractivity (Wildman–Crippen MR) is 79.6 cm³/mol. The summed E-state index contributed by atoms with van der Waals surface area (Å²) < 4.78 is 5.20. The molecule has 3 heteroatoms. The van der Waals surface area contributed by atoms with E-state index >= 15 is 0 Å². The van der Waals surface area contributed by atoms with Gasteiger partial charge in [-0.1, -0.05) is 51.2 Å². The molecule has 1 aromatic rings. The van der Waals surface area contributed by atoms with Crippen molar-refractivity contribution in [1.29, 1.82) is 0 Å². The maximum absolute atomic E-state index is 11.8. The molecule has 1 rings (SSSR count). The molecule has 0 atom stereocenters. The van der Waals surface area contributed by atoms with Crippen LogP contribution in [0.25, 0.3) is 0 Å². The molecule has 1 amide bonds. The van der Waals surface area contributed by atoms with Crippen molar-refractivity contribution in [1.82, 2.24) is 0 Å². The number of carbonyl (C=O) groups is 1. The van der Waals surface area contributed by atoms with Gasteiger partial charge in [0.15, 0.2) is 0 Å². The molecule has 1 aromatic carbocycles. The topological polar surface area (TPSA) is 38.3 Å². The molecular weight excluding hydrogens is 238 g/mol. The van der Waals surface area contributed by atoms with E-state index in [9.17, 15) is 4.79 Å². The number of anilines is 1. The number of rotatable bonds is 9. The largest absolute Gasteiger partial charge is 0.495 e. The van der Waals surface area contributed by atoms with Crippen LogP contribution < -0.4 is 10.1 Å². The Morgan fingerprint density at radius 1 is 1.11 bits per heavy atom. The summed E-state index contributed by atoms with van der Waals surface area (Å²) in [7, 11) is 1.61. The zero-order valence-electron chi connectivity index (χ0n) is 12.1. The predicted octanol–water partition coefficient (Wildman–Crippen LogP) is 4.38. The molecule has 0 aliphatic rings. The van der Waals surface area contributed by atoms with Crippen molar-refractivity contribution in [2.75, 3.05) is 12.4 Å². The average Bonchev–Trinajstić information content (AvgIpc) is 2.43. The Morgan fingerprint density at radius 3 is 2.53 bits per heavy atom. The lowest BCUT2D eigenvalue weighted by Gasteiger charge is -2.09. The maximum atomic E-state index is 11.8. The Morgan fingerprint density at radius 2 is 1.79 bits per heavy atom.